The van der Waals surface area contributed by atoms with E-state index in [1.807, 2.05) is 0 Å². The van der Waals surface area contributed by atoms with E-state index in [9.17, 15) is 4.79 Å². The molecule has 1 saturated carbocycles. The molecule has 0 bridgehead atoms. The Morgan fingerprint density at radius 1 is 1.11 bits per heavy atom. The van der Waals surface area contributed by atoms with E-state index in [1.54, 1.807) is 0 Å². The van der Waals surface area contributed by atoms with Gasteiger partial charge in [-0.25, -0.2) is 0 Å². The van der Waals surface area contributed by atoms with Gasteiger partial charge in [-0.3, -0.25) is 4.79 Å². The molecule has 1 heterocycles. The summed E-state index contributed by atoms with van der Waals surface area (Å²) in [6, 6.07) is 0. The third kappa shape index (κ3) is 3.90. The van der Waals surface area contributed by atoms with Gasteiger partial charge in [-0.1, -0.05) is 33.1 Å². The van der Waals surface area contributed by atoms with Crippen LogP contribution in [0, 0.1) is 10.8 Å². The number of rotatable bonds is 3. The molecule has 2 nitrogen and oxygen atoms in total. The number of thiol groups is 1. The van der Waals surface area contributed by atoms with Crippen molar-refractivity contribution in [2.75, 3.05) is 18.8 Å². The van der Waals surface area contributed by atoms with Gasteiger partial charge < -0.3 is 4.90 Å². The predicted molar refractivity (Wildman–Crippen MR) is 83.6 cm³/mol. The summed E-state index contributed by atoms with van der Waals surface area (Å²) in [5.41, 5.74) is 0.622. The third-order valence-electron chi connectivity index (χ3n) is 5.20. The summed E-state index contributed by atoms with van der Waals surface area (Å²) in [7, 11) is 0. The van der Waals surface area contributed by atoms with Crippen molar-refractivity contribution < 1.29 is 4.79 Å². The monoisotopic (exact) mass is 283 g/mol. The molecule has 0 aromatic carbocycles. The van der Waals surface area contributed by atoms with Gasteiger partial charge in [0.2, 0.25) is 5.91 Å². The van der Waals surface area contributed by atoms with Crippen molar-refractivity contribution in [3.05, 3.63) is 0 Å². The molecule has 0 spiro atoms. The molecule has 0 N–H and O–H groups in total. The van der Waals surface area contributed by atoms with Crippen molar-refractivity contribution >= 4 is 18.5 Å². The minimum absolute atomic E-state index is 0.297. The maximum atomic E-state index is 12.3. The molecule has 0 aromatic rings. The smallest absolute Gasteiger partial charge is 0.222 e. The van der Waals surface area contributed by atoms with Crippen LogP contribution in [0.4, 0.5) is 0 Å². The van der Waals surface area contributed by atoms with Crippen LogP contribution in [0.1, 0.15) is 65.2 Å². The van der Waals surface area contributed by atoms with Crippen molar-refractivity contribution in [1.82, 2.24) is 4.90 Å². The van der Waals surface area contributed by atoms with Gasteiger partial charge in [0, 0.05) is 19.5 Å². The molecule has 1 aliphatic carbocycles. The van der Waals surface area contributed by atoms with Crippen molar-refractivity contribution in [2.45, 2.75) is 65.2 Å². The lowest BCUT2D eigenvalue weighted by Gasteiger charge is -2.40. The highest BCUT2D eigenvalue weighted by Crippen LogP contribution is 2.39. The van der Waals surface area contributed by atoms with Crippen molar-refractivity contribution in [1.29, 1.82) is 0 Å². The predicted octanol–water partition coefficient (Wildman–Crippen LogP) is 3.91. The van der Waals surface area contributed by atoms with Gasteiger partial charge in [0.05, 0.1) is 0 Å². The van der Waals surface area contributed by atoms with Gasteiger partial charge in [0.1, 0.15) is 0 Å². The maximum absolute atomic E-state index is 12.3. The Bertz CT molecular complexity index is 321. The fraction of sp³-hybridized carbons (Fsp3) is 0.938. The first-order valence-electron chi connectivity index (χ1n) is 7.85. The molecule has 1 aliphatic heterocycles. The van der Waals surface area contributed by atoms with Gasteiger partial charge in [-0.05, 0) is 42.3 Å². The van der Waals surface area contributed by atoms with E-state index in [1.165, 1.54) is 32.1 Å². The van der Waals surface area contributed by atoms with Crippen LogP contribution < -0.4 is 0 Å². The van der Waals surface area contributed by atoms with Gasteiger partial charge in [-0.2, -0.15) is 12.6 Å². The second-order valence-corrected chi connectivity index (χ2v) is 7.76. The van der Waals surface area contributed by atoms with Crippen molar-refractivity contribution in [3.8, 4) is 0 Å². The van der Waals surface area contributed by atoms with Crippen LogP contribution in [0.15, 0.2) is 0 Å². The summed E-state index contributed by atoms with van der Waals surface area (Å²) >= 11 is 4.60. The fourth-order valence-electron chi connectivity index (χ4n) is 3.53. The normalized spacial score (nSPS) is 27.1. The largest absolute Gasteiger partial charge is 0.342 e. The zero-order chi connectivity index (χ0) is 13.9. The highest BCUT2D eigenvalue weighted by molar-refractivity contribution is 7.80. The maximum Gasteiger partial charge on any atom is 0.222 e. The number of hydrogen-bond donors (Lipinski definition) is 1. The first kappa shape index (κ1) is 15.2. The molecule has 2 rings (SSSR count). The zero-order valence-corrected chi connectivity index (χ0v) is 13.5. The average molecular weight is 283 g/mol. The Hall–Kier alpha value is -0.180. The minimum atomic E-state index is 0.297. The minimum Gasteiger partial charge on any atom is -0.342 e. The van der Waals surface area contributed by atoms with E-state index in [-0.39, 0.29) is 0 Å². The molecule has 2 fully saturated rings. The summed E-state index contributed by atoms with van der Waals surface area (Å²) in [5, 5.41) is 0. The molecule has 0 aromatic heterocycles. The summed E-state index contributed by atoms with van der Waals surface area (Å²) < 4.78 is 0. The van der Waals surface area contributed by atoms with Crippen LogP contribution in [0.5, 0.6) is 0 Å². The van der Waals surface area contributed by atoms with Crippen molar-refractivity contribution in [2.24, 2.45) is 10.8 Å². The summed E-state index contributed by atoms with van der Waals surface area (Å²) in [6.45, 7) is 6.48. The number of amides is 1. The number of nitrogens with zero attached hydrogens (tertiary/aromatic N) is 1. The van der Waals surface area contributed by atoms with Crippen LogP contribution in [0.3, 0.4) is 0 Å². The highest BCUT2D eigenvalue weighted by atomic mass is 32.1. The molecule has 3 heteroatoms. The molecule has 110 valence electrons. The lowest BCUT2D eigenvalue weighted by atomic mass is 9.75. The average Bonchev–Trinajstić information content (AvgIpc) is 2.53. The van der Waals surface area contributed by atoms with E-state index < -0.39 is 0 Å². The quantitative estimate of drug-likeness (QED) is 0.779. The van der Waals surface area contributed by atoms with Gasteiger partial charge >= 0.3 is 0 Å². The van der Waals surface area contributed by atoms with E-state index in [4.69, 9.17) is 0 Å². The first-order valence-corrected chi connectivity index (χ1v) is 8.48. The topological polar surface area (TPSA) is 20.3 Å². The van der Waals surface area contributed by atoms with Crippen LogP contribution in [-0.4, -0.2) is 29.6 Å². The van der Waals surface area contributed by atoms with Gasteiger partial charge in [0.25, 0.3) is 0 Å². The Kier molecular flexibility index (Phi) is 4.86. The van der Waals surface area contributed by atoms with Crippen LogP contribution in [-0.2, 0) is 4.79 Å². The van der Waals surface area contributed by atoms with Crippen molar-refractivity contribution in [3.63, 3.8) is 0 Å². The third-order valence-corrected chi connectivity index (χ3v) is 5.87. The molecule has 2 aliphatic rings. The highest BCUT2D eigenvalue weighted by Gasteiger charge is 2.36. The Balaban J connectivity index is 2.01. The number of hydrogen-bond acceptors (Lipinski definition) is 2. The second kappa shape index (κ2) is 6.07. The lowest BCUT2D eigenvalue weighted by Crippen LogP contribution is -2.43. The molecule has 1 amide bonds. The summed E-state index contributed by atoms with van der Waals surface area (Å²) in [6.07, 6.45) is 9.40. The number of carbonyl (C=O) groups is 1. The van der Waals surface area contributed by atoms with Crippen LogP contribution >= 0.6 is 12.6 Å². The molecule has 19 heavy (non-hydrogen) atoms. The van der Waals surface area contributed by atoms with Gasteiger partial charge in [0.15, 0.2) is 0 Å². The van der Waals surface area contributed by atoms with Crippen LogP contribution in [0.25, 0.3) is 0 Å². The molecule has 0 radical (unpaired) electrons. The lowest BCUT2D eigenvalue weighted by molar-refractivity contribution is -0.132. The summed E-state index contributed by atoms with van der Waals surface area (Å²) in [4.78, 5) is 14.5. The standard InChI is InChI=1S/C16H29NOS/c1-15(2)9-6-14(18)17(11-10-15)12-16(13-19)7-4-3-5-8-16/h19H,3-13H2,1-2H3. The Morgan fingerprint density at radius 3 is 2.42 bits per heavy atom. The molecule has 0 atom stereocenters. The SMILES string of the molecule is CC1(C)CCC(=O)N(CC2(CS)CCCCC2)CC1. The number of likely N-dealkylation sites (tertiary alicyclic amines) is 1. The second-order valence-electron chi connectivity index (χ2n) is 7.45. The van der Waals surface area contributed by atoms with E-state index in [0.717, 1.165) is 38.1 Å². The van der Waals surface area contributed by atoms with E-state index in [2.05, 4.69) is 31.4 Å². The molecular formula is C16H29NOS. The Morgan fingerprint density at radius 2 is 1.79 bits per heavy atom. The van der Waals surface area contributed by atoms with E-state index in [0.29, 0.717) is 16.7 Å². The molecule has 1 saturated heterocycles. The Labute approximate surface area is 123 Å². The fourth-order valence-corrected chi connectivity index (χ4v) is 3.95. The van der Waals surface area contributed by atoms with Crippen LogP contribution in [0.2, 0.25) is 0 Å². The van der Waals surface area contributed by atoms with E-state index >= 15 is 0 Å². The summed E-state index contributed by atoms with van der Waals surface area (Å²) in [5.74, 6) is 1.30. The zero-order valence-electron chi connectivity index (χ0n) is 12.6. The first-order chi connectivity index (χ1) is 8.96. The molecule has 0 unspecified atom stereocenters. The van der Waals surface area contributed by atoms with Gasteiger partial charge in [-0.15, -0.1) is 0 Å². The molecular weight excluding hydrogens is 254 g/mol. The number of carbonyl (C=O) groups excluding carboxylic acids is 1.